The van der Waals surface area contributed by atoms with Crippen molar-refractivity contribution in [3.05, 3.63) is 82.8 Å². The Morgan fingerprint density at radius 1 is 1.00 bits per heavy atom. The average Bonchev–Trinajstić information content (AvgIpc) is 2.76. The summed E-state index contributed by atoms with van der Waals surface area (Å²) in [6.45, 7) is 2.18. The van der Waals surface area contributed by atoms with Crippen LogP contribution in [-0.2, 0) is 14.8 Å². The minimum Gasteiger partial charge on any atom is -0.354 e. The molecule has 0 saturated carbocycles. The Bertz CT molecular complexity index is 1200. The van der Waals surface area contributed by atoms with Gasteiger partial charge in [0.25, 0.3) is 10.0 Å². The Morgan fingerprint density at radius 2 is 1.70 bits per heavy atom. The van der Waals surface area contributed by atoms with Crippen molar-refractivity contribution in [3.63, 3.8) is 0 Å². The fourth-order valence-electron chi connectivity index (χ4n) is 3.63. The fraction of sp³-hybridized carbons (Fsp3) is 0.174. The fourth-order valence-corrected chi connectivity index (χ4v) is 5.64. The molecule has 1 heterocycles. The van der Waals surface area contributed by atoms with Crippen LogP contribution in [0.15, 0.2) is 82.2 Å². The Labute approximate surface area is 184 Å². The predicted octanol–water partition coefficient (Wildman–Crippen LogP) is 4.54. The maximum Gasteiger partial charge on any atom is 0.265 e. The van der Waals surface area contributed by atoms with Crippen LogP contribution in [0.1, 0.15) is 18.4 Å². The molecule has 30 heavy (non-hydrogen) atoms. The van der Waals surface area contributed by atoms with Crippen molar-refractivity contribution in [2.75, 3.05) is 17.4 Å². The van der Waals surface area contributed by atoms with Crippen molar-refractivity contribution < 1.29 is 13.2 Å². The van der Waals surface area contributed by atoms with Crippen LogP contribution in [0.5, 0.6) is 0 Å². The van der Waals surface area contributed by atoms with Gasteiger partial charge in [0.05, 0.1) is 10.6 Å². The molecular weight excluding hydrogens is 464 g/mol. The highest BCUT2D eigenvalue weighted by atomic mass is 79.9. The van der Waals surface area contributed by atoms with Crippen molar-refractivity contribution in [1.82, 2.24) is 5.32 Å². The minimum atomic E-state index is -3.84. The number of hydrogen-bond acceptors (Lipinski definition) is 3. The first-order chi connectivity index (χ1) is 14.4. The van der Waals surface area contributed by atoms with E-state index in [-0.39, 0.29) is 23.3 Å². The maximum atomic E-state index is 13.3. The normalized spacial score (nSPS) is 15.1. The second-order valence-electron chi connectivity index (χ2n) is 7.29. The van der Waals surface area contributed by atoms with Gasteiger partial charge >= 0.3 is 0 Å². The predicted molar refractivity (Wildman–Crippen MR) is 122 cm³/mol. The second kappa shape index (κ2) is 8.24. The number of sulfonamides is 1. The molecule has 1 amide bonds. The van der Waals surface area contributed by atoms with Gasteiger partial charge in [0.15, 0.2) is 0 Å². The van der Waals surface area contributed by atoms with Crippen molar-refractivity contribution in [1.29, 1.82) is 0 Å². The summed E-state index contributed by atoms with van der Waals surface area (Å²) in [5, 5.41) is 2.88. The molecule has 0 radical (unpaired) electrons. The molecule has 0 bridgehead atoms. The van der Waals surface area contributed by atoms with Gasteiger partial charge in [-0.3, -0.25) is 9.10 Å². The Kier molecular flexibility index (Phi) is 5.66. The molecule has 154 valence electrons. The van der Waals surface area contributed by atoms with Gasteiger partial charge in [0.1, 0.15) is 6.54 Å². The van der Waals surface area contributed by atoms with Gasteiger partial charge in [-0.1, -0.05) is 71.4 Å². The lowest BCUT2D eigenvalue weighted by atomic mass is 10.0. The summed E-state index contributed by atoms with van der Waals surface area (Å²) in [6.07, 6.45) is 0. The number of rotatable bonds is 5. The monoisotopic (exact) mass is 484 g/mol. The highest BCUT2D eigenvalue weighted by Gasteiger charge is 2.35. The van der Waals surface area contributed by atoms with Gasteiger partial charge < -0.3 is 5.32 Å². The summed E-state index contributed by atoms with van der Waals surface area (Å²) in [4.78, 5) is 12.9. The van der Waals surface area contributed by atoms with E-state index in [0.29, 0.717) is 17.8 Å². The third kappa shape index (κ3) is 3.87. The quantitative estimate of drug-likeness (QED) is 0.577. The number of hydrogen-bond donors (Lipinski definition) is 1. The number of amides is 1. The van der Waals surface area contributed by atoms with E-state index in [2.05, 4.69) is 21.2 Å². The number of carbonyl (C=O) groups excluding carboxylic acids is 1. The summed E-state index contributed by atoms with van der Waals surface area (Å²) in [5.41, 5.74) is 3.04. The summed E-state index contributed by atoms with van der Waals surface area (Å²) in [7, 11) is -3.84. The molecule has 0 spiro atoms. The van der Waals surface area contributed by atoms with Gasteiger partial charge in [-0.05, 0) is 35.7 Å². The van der Waals surface area contributed by atoms with Crippen LogP contribution in [-0.4, -0.2) is 27.4 Å². The number of fused-ring (bicyclic) bond motifs is 3. The molecular formula is C23H21BrN2O3S. The molecule has 7 heteroatoms. The highest BCUT2D eigenvalue weighted by molar-refractivity contribution is 9.10. The molecule has 1 atom stereocenters. The third-order valence-electron chi connectivity index (χ3n) is 5.23. The number of nitrogens with zero attached hydrogens (tertiary/aromatic N) is 1. The van der Waals surface area contributed by atoms with E-state index in [1.165, 1.54) is 4.31 Å². The first kappa shape index (κ1) is 20.6. The molecule has 1 aliphatic heterocycles. The molecule has 1 aliphatic rings. The van der Waals surface area contributed by atoms with Crippen LogP contribution in [0.2, 0.25) is 0 Å². The summed E-state index contributed by atoms with van der Waals surface area (Å²) in [5.74, 6) is -0.216. The highest BCUT2D eigenvalue weighted by Crippen LogP contribution is 2.43. The first-order valence-electron chi connectivity index (χ1n) is 9.61. The van der Waals surface area contributed by atoms with Gasteiger partial charge in [0.2, 0.25) is 5.91 Å². The van der Waals surface area contributed by atoms with Gasteiger partial charge in [0, 0.05) is 22.1 Å². The van der Waals surface area contributed by atoms with Crippen LogP contribution in [0.4, 0.5) is 5.69 Å². The topological polar surface area (TPSA) is 66.5 Å². The van der Waals surface area contributed by atoms with Crippen LogP contribution in [0, 0.1) is 0 Å². The zero-order chi connectivity index (χ0) is 21.3. The smallest absolute Gasteiger partial charge is 0.265 e. The van der Waals surface area contributed by atoms with Gasteiger partial charge in [-0.25, -0.2) is 8.42 Å². The first-order valence-corrected chi connectivity index (χ1v) is 11.8. The average molecular weight is 485 g/mol. The maximum absolute atomic E-state index is 13.3. The molecule has 3 aromatic rings. The van der Waals surface area contributed by atoms with Crippen molar-refractivity contribution in [2.24, 2.45) is 0 Å². The van der Waals surface area contributed by atoms with Crippen molar-refractivity contribution >= 4 is 37.5 Å². The Morgan fingerprint density at radius 3 is 2.47 bits per heavy atom. The van der Waals surface area contributed by atoms with Crippen LogP contribution in [0.3, 0.4) is 0 Å². The van der Waals surface area contributed by atoms with Crippen molar-refractivity contribution in [2.45, 2.75) is 17.7 Å². The molecule has 0 saturated heterocycles. The lowest BCUT2D eigenvalue weighted by Gasteiger charge is -2.31. The molecule has 5 nitrogen and oxygen atoms in total. The molecule has 1 unspecified atom stereocenters. The van der Waals surface area contributed by atoms with E-state index < -0.39 is 10.0 Å². The largest absolute Gasteiger partial charge is 0.354 e. The number of anilines is 1. The van der Waals surface area contributed by atoms with Crippen LogP contribution >= 0.6 is 15.9 Å². The standard InChI is InChI=1S/C23H21BrN2O3S/c1-16(17-7-3-2-4-8-17)14-25-23(27)15-26-21-12-11-18(24)13-20(21)19-9-5-6-10-22(19)30(26,28)29/h2-13,16H,14-15H2,1H3,(H,25,27). The summed E-state index contributed by atoms with van der Waals surface area (Å²) < 4.78 is 28.6. The zero-order valence-corrected chi connectivity index (χ0v) is 18.8. The van der Waals surface area contributed by atoms with E-state index in [1.807, 2.05) is 49.4 Å². The van der Waals surface area contributed by atoms with E-state index >= 15 is 0 Å². The Hall–Kier alpha value is -2.64. The third-order valence-corrected chi connectivity index (χ3v) is 7.54. The molecule has 0 aromatic heterocycles. The number of carbonyl (C=O) groups is 1. The molecule has 3 aromatic carbocycles. The lowest BCUT2D eigenvalue weighted by molar-refractivity contribution is -0.119. The van der Waals surface area contributed by atoms with E-state index in [0.717, 1.165) is 15.6 Å². The SMILES string of the molecule is CC(CNC(=O)CN1c2ccc(Br)cc2-c2ccccc2S1(=O)=O)c1ccccc1. The summed E-state index contributed by atoms with van der Waals surface area (Å²) >= 11 is 3.46. The second-order valence-corrected chi connectivity index (χ2v) is 10.0. The Balaban J connectivity index is 1.59. The van der Waals surface area contributed by atoms with E-state index in [9.17, 15) is 13.2 Å². The molecule has 4 rings (SSSR count). The summed E-state index contributed by atoms with van der Waals surface area (Å²) in [6, 6.07) is 22.2. The molecule has 0 aliphatic carbocycles. The van der Waals surface area contributed by atoms with Gasteiger partial charge in [-0.15, -0.1) is 0 Å². The van der Waals surface area contributed by atoms with Gasteiger partial charge in [-0.2, -0.15) is 0 Å². The number of benzene rings is 3. The molecule has 0 fully saturated rings. The lowest BCUT2D eigenvalue weighted by Crippen LogP contribution is -2.43. The zero-order valence-electron chi connectivity index (χ0n) is 16.4. The van der Waals surface area contributed by atoms with Crippen molar-refractivity contribution in [3.8, 4) is 11.1 Å². The number of nitrogens with one attached hydrogen (secondary N) is 1. The van der Waals surface area contributed by atoms with E-state index in [4.69, 9.17) is 0 Å². The van der Waals surface area contributed by atoms with E-state index in [1.54, 1.807) is 30.3 Å². The minimum absolute atomic E-state index is 0.122. The molecule has 1 N–H and O–H groups in total. The number of halogens is 1. The van der Waals surface area contributed by atoms with Crippen LogP contribution in [0.25, 0.3) is 11.1 Å². The van der Waals surface area contributed by atoms with Crippen LogP contribution < -0.4 is 9.62 Å².